The summed E-state index contributed by atoms with van der Waals surface area (Å²) in [5.41, 5.74) is 1.05. The molecule has 1 aromatic heterocycles. The van der Waals surface area contributed by atoms with E-state index >= 15 is 0 Å². The molecule has 2 aromatic carbocycles. The smallest absolute Gasteiger partial charge is 0.222 e. The van der Waals surface area contributed by atoms with Gasteiger partial charge in [-0.1, -0.05) is 35.1 Å². The second kappa shape index (κ2) is 9.16. The number of carbonyl (C=O) groups is 1. The van der Waals surface area contributed by atoms with Gasteiger partial charge in [0, 0.05) is 42.5 Å². The van der Waals surface area contributed by atoms with Crippen LogP contribution in [0.15, 0.2) is 53.4 Å². The first-order chi connectivity index (χ1) is 13.7. The van der Waals surface area contributed by atoms with Crippen molar-refractivity contribution in [3.63, 3.8) is 0 Å². The predicted molar refractivity (Wildman–Crippen MR) is 120 cm³/mol. The van der Waals surface area contributed by atoms with Crippen LogP contribution >= 0.6 is 34.7 Å². The highest BCUT2D eigenvalue weighted by atomic mass is 35.5. The molecule has 0 bridgehead atoms. The fraction of sp³-hybridized carbons (Fsp3) is 0.333. The second-order valence-corrected chi connectivity index (χ2v) is 9.35. The fourth-order valence-electron chi connectivity index (χ4n) is 3.24. The molecule has 1 amide bonds. The number of amides is 1. The number of thiazole rings is 1. The summed E-state index contributed by atoms with van der Waals surface area (Å²) in [5, 5.41) is 1.82. The molecule has 2 heterocycles. The number of nitrogens with zero attached hydrogens (tertiary/aromatic N) is 3. The minimum Gasteiger partial charge on any atom is -0.345 e. The van der Waals surface area contributed by atoms with Crippen molar-refractivity contribution in [2.45, 2.75) is 17.7 Å². The molecule has 7 heteroatoms. The summed E-state index contributed by atoms with van der Waals surface area (Å²) in [6, 6.07) is 16.1. The highest BCUT2D eigenvalue weighted by Gasteiger charge is 2.22. The van der Waals surface area contributed by atoms with Gasteiger partial charge in [-0.3, -0.25) is 4.79 Å². The predicted octanol–water partition coefficient (Wildman–Crippen LogP) is 5.17. The van der Waals surface area contributed by atoms with Crippen molar-refractivity contribution in [2.24, 2.45) is 0 Å². The largest absolute Gasteiger partial charge is 0.345 e. The lowest BCUT2D eigenvalue weighted by Gasteiger charge is -2.34. The Hall–Kier alpha value is -1.76. The van der Waals surface area contributed by atoms with Crippen LogP contribution in [-0.4, -0.2) is 47.7 Å². The average Bonchev–Trinajstić information content (AvgIpc) is 3.17. The van der Waals surface area contributed by atoms with Gasteiger partial charge in [-0.25, -0.2) is 4.98 Å². The summed E-state index contributed by atoms with van der Waals surface area (Å²) in [4.78, 5) is 22.7. The van der Waals surface area contributed by atoms with Gasteiger partial charge in [-0.05, 0) is 48.6 Å². The SMILES string of the molecule is O=C(CCCSc1ccc(Cl)cc1)N1CCN(c2nc3ccccc3s2)CC1. The Bertz CT molecular complexity index is 903. The maximum atomic E-state index is 12.5. The van der Waals surface area contributed by atoms with E-state index in [1.165, 1.54) is 9.60 Å². The van der Waals surface area contributed by atoms with Crippen LogP contribution in [0.2, 0.25) is 5.02 Å². The summed E-state index contributed by atoms with van der Waals surface area (Å²) < 4.78 is 1.22. The van der Waals surface area contributed by atoms with E-state index in [4.69, 9.17) is 16.6 Å². The molecular formula is C21H22ClN3OS2. The number of hydrogen-bond donors (Lipinski definition) is 0. The molecule has 146 valence electrons. The van der Waals surface area contributed by atoms with E-state index < -0.39 is 0 Å². The lowest BCUT2D eigenvalue weighted by atomic mass is 10.2. The van der Waals surface area contributed by atoms with E-state index in [0.29, 0.717) is 6.42 Å². The Morgan fingerprint density at radius 2 is 1.82 bits per heavy atom. The van der Waals surface area contributed by atoms with Crippen LogP contribution in [0.5, 0.6) is 0 Å². The third-order valence-corrected chi connectivity index (χ3v) is 7.25. The number of thioether (sulfide) groups is 1. The van der Waals surface area contributed by atoms with Gasteiger partial charge in [0.2, 0.25) is 5.91 Å². The lowest BCUT2D eigenvalue weighted by molar-refractivity contribution is -0.131. The Morgan fingerprint density at radius 3 is 2.57 bits per heavy atom. The maximum Gasteiger partial charge on any atom is 0.222 e. The van der Waals surface area contributed by atoms with Crippen molar-refractivity contribution in [3.8, 4) is 0 Å². The van der Waals surface area contributed by atoms with Crippen molar-refractivity contribution >= 4 is 56.0 Å². The number of fused-ring (bicyclic) bond motifs is 1. The van der Waals surface area contributed by atoms with Gasteiger partial charge >= 0.3 is 0 Å². The molecule has 0 spiro atoms. The van der Waals surface area contributed by atoms with Gasteiger partial charge in [0.05, 0.1) is 10.2 Å². The number of anilines is 1. The molecule has 1 aliphatic heterocycles. The number of piperazine rings is 1. The number of para-hydroxylation sites is 1. The molecule has 1 aliphatic rings. The van der Waals surface area contributed by atoms with Crippen LogP contribution in [0.4, 0.5) is 5.13 Å². The number of hydrogen-bond acceptors (Lipinski definition) is 5. The van der Waals surface area contributed by atoms with Crippen molar-refractivity contribution in [3.05, 3.63) is 53.6 Å². The van der Waals surface area contributed by atoms with Crippen LogP contribution in [0.1, 0.15) is 12.8 Å². The zero-order valence-corrected chi connectivity index (χ0v) is 17.9. The quantitative estimate of drug-likeness (QED) is 0.398. The van der Waals surface area contributed by atoms with Crippen molar-refractivity contribution in [1.82, 2.24) is 9.88 Å². The normalized spacial score (nSPS) is 14.6. The lowest BCUT2D eigenvalue weighted by Crippen LogP contribution is -2.48. The number of aromatic nitrogens is 1. The van der Waals surface area contributed by atoms with E-state index in [1.807, 2.05) is 41.3 Å². The zero-order chi connectivity index (χ0) is 19.3. The molecule has 28 heavy (non-hydrogen) atoms. The van der Waals surface area contributed by atoms with Crippen LogP contribution in [0.25, 0.3) is 10.2 Å². The van der Waals surface area contributed by atoms with Gasteiger partial charge in [-0.2, -0.15) is 0 Å². The topological polar surface area (TPSA) is 36.4 Å². The molecule has 0 unspecified atom stereocenters. The summed E-state index contributed by atoms with van der Waals surface area (Å²) in [7, 11) is 0. The molecule has 4 rings (SSSR count). The maximum absolute atomic E-state index is 12.5. The van der Waals surface area contributed by atoms with E-state index in [9.17, 15) is 4.79 Å². The molecule has 1 saturated heterocycles. The molecule has 0 aliphatic carbocycles. The van der Waals surface area contributed by atoms with Crippen LogP contribution in [-0.2, 0) is 4.79 Å². The minimum atomic E-state index is 0.264. The van der Waals surface area contributed by atoms with Gasteiger partial charge in [0.1, 0.15) is 0 Å². The molecule has 1 fully saturated rings. The van der Waals surface area contributed by atoms with Gasteiger partial charge in [-0.15, -0.1) is 11.8 Å². The first-order valence-corrected chi connectivity index (χ1v) is 11.6. The van der Waals surface area contributed by atoms with Gasteiger partial charge < -0.3 is 9.80 Å². The Morgan fingerprint density at radius 1 is 1.07 bits per heavy atom. The molecule has 0 atom stereocenters. The summed E-state index contributed by atoms with van der Waals surface area (Å²) in [5.74, 6) is 1.21. The molecule has 3 aromatic rings. The van der Waals surface area contributed by atoms with Gasteiger partial charge in [0.25, 0.3) is 0 Å². The van der Waals surface area contributed by atoms with Gasteiger partial charge in [0.15, 0.2) is 5.13 Å². The fourth-order valence-corrected chi connectivity index (χ4v) is 5.24. The number of rotatable bonds is 6. The number of carbonyl (C=O) groups excluding carboxylic acids is 1. The van der Waals surface area contributed by atoms with Crippen LogP contribution in [0.3, 0.4) is 0 Å². The Labute approximate surface area is 178 Å². The summed E-state index contributed by atoms with van der Waals surface area (Å²) in [6.07, 6.45) is 1.51. The summed E-state index contributed by atoms with van der Waals surface area (Å²) >= 11 is 9.41. The monoisotopic (exact) mass is 431 g/mol. The third-order valence-electron chi connectivity index (χ3n) is 4.80. The average molecular weight is 432 g/mol. The van der Waals surface area contributed by atoms with E-state index in [2.05, 4.69) is 17.0 Å². The molecule has 0 radical (unpaired) electrons. The Balaban J connectivity index is 1.21. The molecule has 0 N–H and O–H groups in total. The first-order valence-electron chi connectivity index (χ1n) is 9.46. The standard InChI is InChI=1S/C21H22ClN3OS2/c22-16-7-9-17(10-8-16)27-15-3-6-20(26)24-11-13-25(14-12-24)21-23-18-4-1-2-5-19(18)28-21/h1-2,4-5,7-10H,3,6,11-15H2. The van der Waals surface area contributed by atoms with E-state index in [0.717, 1.165) is 54.0 Å². The summed E-state index contributed by atoms with van der Waals surface area (Å²) in [6.45, 7) is 3.26. The van der Waals surface area contributed by atoms with Crippen LogP contribution in [0, 0.1) is 0 Å². The van der Waals surface area contributed by atoms with Crippen molar-refractivity contribution in [1.29, 1.82) is 0 Å². The first kappa shape index (κ1) is 19.6. The highest BCUT2D eigenvalue weighted by Crippen LogP contribution is 2.29. The second-order valence-electron chi connectivity index (χ2n) is 6.74. The van der Waals surface area contributed by atoms with Crippen LogP contribution < -0.4 is 4.90 Å². The van der Waals surface area contributed by atoms with Crippen molar-refractivity contribution < 1.29 is 4.79 Å². The van der Waals surface area contributed by atoms with E-state index in [-0.39, 0.29) is 5.91 Å². The minimum absolute atomic E-state index is 0.264. The number of benzene rings is 2. The molecule has 4 nitrogen and oxygen atoms in total. The molecule has 0 saturated carbocycles. The Kier molecular flexibility index (Phi) is 6.40. The zero-order valence-electron chi connectivity index (χ0n) is 15.5. The van der Waals surface area contributed by atoms with Crippen molar-refractivity contribution in [2.75, 3.05) is 36.8 Å². The van der Waals surface area contributed by atoms with E-state index in [1.54, 1.807) is 23.1 Å². The number of halogens is 1. The highest BCUT2D eigenvalue weighted by molar-refractivity contribution is 7.99. The third kappa shape index (κ3) is 4.80. The molecular weight excluding hydrogens is 410 g/mol.